The van der Waals surface area contributed by atoms with Crippen molar-refractivity contribution in [3.8, 4) is 5.75 Å². The van der Waals surface area contributed by atoms with Gasteiger partial charge in [-0.05, 0) is 35.8 Å². The zero-order valence-electron chi connectivity index (χ0n) is 11.2. The molecule has 0 aromatic carbocycles. The van der Waals surface area contributed by atoms with Crippen LogP contribution in [0.15, 0.2) is 4.47 Å². The van der Waals surface area contributed by atoms with E-state index in [0.717, 1.165) is 28.9 Å². The van der Waals surface area contributed by atoms with E-state index in [1.54, 1.807) is 7.11 Å². The van der Waals surface area contributed by atoms with E-state index in [9.17, 15) is 4.79 Å². The van der Waals surface area contributed by atoms with Crippen molar-refractivity contribution in [1.29, 1.82) is 0 Å². The molecule has 1 aliphatic heterocycles. The molecule has 1 fully saturated rings. The first-order chi connectivity index (χ1) is 8.56. The summed E-state index contributed by atoms with van der Waals surface area (Å²) in [6.45, 7) is 3.83. The number of nitrogens with one attached hydrogen (secondary N) is 1. The van der Waals surface area contributed by atoms with Crippen LogP contribution in [0, 0.1) is 6.92 Å². The molecule has 2 rings (SSSR count). The number of hydrogen-bond acceptors (Lipinski definition) is 4. The van der Waals surface area contributed by atoms with Crippen LogP contribution in [0.5, 0.6) is 5.75 Å². The summed E-state index contributed by atoms with van der Waals surface area (Å²) < 4.78 is 6.22. The summed E-state index contributed by atoms with van der Waals surface area (Å²) in [7, 11) is 3.46. The third kappa shape index (κ3) is 3.24. The van der Waals surface area contributed by atoms with Crippen LogP contribution in [0.4, 0.5) is 0 Å². The van der Waals surface area contributed by atoms with Gasteiger partial charge in [-0.25, -0.2) is 0 Å². The van der Waals surface area contributed by atoms with Gasteiger partial charge >= 0.3 is 0 Å². The lowest BCUT2D eigenvalue weighted by Gasteiger charge is -2.23. The second kappa shape index (κ2) is 6.92. The number of hydrogen-bond donors (Lipinski definition) is 1. The molecule has 1 atom stereocenters. The highest BCUT2D eigenvalue weighted by Crippen LogP contribution is 2.39. The maximum Gasteiger partial charge on any atom is 0.267 e. The molecule has 1 saturated heterocycles. The number of carbonyl (C=O) groups is 1. The summed E-state index contributed by atoms with van der Waals surface area (Å²) in [6, 6.07) is 0.281. The van der Waals surface area contributed by atoms with Gasteiger partial charge < -0.3 is 15.0 Å². The van der Waals surface area contributed by atoms with Gasteiger partial charge in [-0.2, -0.15) is 0 Å². The molecule has 0 spiro atoms. The smallest absolute Gasteiger partial charge is 0.267 e. The van der Waals surface area contributed by atoms with Crippen molar-refractivity contribution < 1.29 is 9.53 Å². The van der Waals surface area contributed by atoms with Crippen LogP contribution in [0.25, 0.3) is 0 Å². The van der Waals surface area contributed by atoms with Crippen molar-refractivity contribution in [2.45, 2.75) is 19.4 Å². The first-order valence-corrected chi connectivity index (χ1v) is 7.48. The summed E-state index contributed by atoms with van der Waals surface area (Å²) >= 11 is 4.94. The van der Waals surface area contributed by atoms with Gasteiger partial charge in [-0.15, -0.1) is 23.7 Å². The molecule has 1 aliphatic rings. The van der Waals surface area contributed by atoms with Gasteiger partial charge in [0.15, 0.2) is 5.75 Å². The Labute approximate surface area is 132 Å². The number of likely N-dealkylation sites (N-methyl/N-ethyl adjacent to an activating group) is 1. The summed E-state index contributed by atoms with van der Waals surface area (Å²) in [6.07, 6.45) is 1.01. The first kappa shape index (κ1) is 16.8. The van der Waals surface area contributed by atoms with Gasteiger partial charge in [0.05, 0.1) is 11.6 Å². The Morgan fingerprint density at radius 3 is 2.79 bits per heavy atom. The van der Waals surface area contributed by atoms with Crippen molar-refractivity contribution in [2.75, 3.05) is 27.2 Å². The molecule has 2 heterocycles. The minimum atomic E-state index is 0. The van der Waals surface area contributed by atoms with Gasteiger partial charge in [0.25, 0.3) is 5.91 Å². The van der Waals surface area contributed by atoms with Crippen LogP contribution >= 0.6 is 39.7 Å². The highest BCUT2D eigenvalue weighted by molar-refractivity contribution is 9.10. The van der Waals surface area contributed by atoms with E-state index in [2.05, 4.69) is 21.2 Å². The van der Waals surface area contributed by atoms with E-state index < -0.39 is 0 Å². The largest absolute Gasteiger partial charge is 0.494 e. The average Bonchev–Trinajstić information content (AvgIpc) is 2.97. The molecule has 108 valence electrons. The molecule has 1 unspecified atom stereocenters. The first-order valence-electron chi connectivity index (χ1n) is 5.87. The molecule has 1 N–H and O–H groups in total. The van der Waals surface area contributed by atoms with Crippen molar-refractivity contribution in [1.82, 2.24) is 10.2 Å². The van der Waals surface area contributed by atoms with Gasteiger partial charge in [-0.3, -0.25) is 4.79 Å². The van der Waals surface area contributed by atoms with E-state index in [1.807, 2.05) is 18.9 Å². The van der Waals surface area contributed by atoms with Gasteiger partial charge in [0.2, 0.25) is 0 Å². The number of ether oxygens (including phenoxy) is 1. The molecule has 0 bridgehead atoms. The Balaban J connectivity index is 0.00000180. The van der Waals surface area contributed by atoms with E-state index in [4.69, 9.17) is 4.74 Å². The maximum absolute atomic E-state index is 12.5. The van der Waals surface area contributed by atoms with Gasteiger partial charge in [0.1, 0.15) is 4.88 Å². The predicted molar refractivity (Wildman–Crippen MR) is 83.9 cm³/mol. The van der Waals surface area contributed by atoms with E-state index in [0.29, 0.717) is 10.6 Å². The Kier molecular flexibility index (Phi) is 6.11. The Bertz CT molecular complexity index is 461. The Morgan fingerprint density at radius 1 is 1.58 bits per heavy atom. The van der Waals surface area contributed by atoms with Crippen molar-refractivity contribution in [2.24, 2.45) is 0 Å². The van der Waals surface area contributed by atoms with Gasteiger partial charge in [-0.1, -0.05) is 0 Å². The van der Waals surface area contributed by atoms with Crippen molar-refractivity contribution in [3.63, 3.8) is 0 Å². The average molecular weight is 370 g/mol. The standard InChI is InChI=1S/C12H17BrN2O2S.ClH/c1-7-9(13)10(17-3)11(18-7)12(16)15(2)8-4-5-14-6-8;/h8,14H,4-6H2,1-3H3;1H. The lowest BCUT2D eigenvalue weighted by atomic mass is 10.2. The fraction of sp³-hybridized carbons (Fsp3) is 0.583. The number of amides is 1. The fourth-order valence-electron chi connectivity index (χ4n) is 2.12. The second-order valence-electron chi connectivity index (χ2n) is 4.40. The summed E-state index contributed by atoms with van der Waals surface area (Å²) in [5.41, 5.74) is 0. The minimum absolute atomic E-state index is 0. The molecule has 0 aliphatic carbocycles. The molecule has 7 heteroatoms. The van der Waals surface area contributed by atoms with Crippen LogP contribution in [0.3, 0.4) is 0 Å². The SMILES string of the molecule is COc1c(C(=O)N(C)C2CCNC2)sc(C)c1Br.Cl. The normalized spacial score (nSPS) is 18.0. The Morgan fingerprint density at radius 2 is 2.26 bits per heavy atom. The quantitative estimate of drug-likeness (QED) is 0.890. The minimum Gasteiger partial charge on any atom is -0.494 e. The van der Waals surface area contributed by atoms with Crippen LogP contribution in [0.2, 0.25) is 0 Å². The molecule has 4 nitrogen and oxygen atoms in total. The number of aryl methyl sites for hydroxylation is 1. The molecule has 0 radical (unpaired) electrons. The molecule has 0 saturated carbocycles. The molecular formula is C12H18BrClN2O2S. The van der Waals surface area contributed by atoms with E-state index in [1.165, 1.54) is 11.3 Å². The van der Waals surface area contributed by atoms with Crippen LogP contribution in [-0.4, -0.2) is 44.1 Å². The molecule has 19 heavy (non-hydrogen) atoms. The number of nitrogens with zero attached hydrogens (tertiary/aromatic N) is 1. The zero-order valence-corrected chi connectivity index (χ0v) is 14.4. The number of methoxy groups -OCH3 is 1. The van der Waals surface area contributed by atoms with Crippen molar-refractivity contribution in [3.05, 3.63) is 14.2 Å². The van der Waals surface area contributed by atoms with Gasteiger partial charge in [0, 0.05) is 24.5 Å². The predicted octanol–water partition coefficient (Wildman–Crippen LogP) is 2.68. The van der Waals surface area contributed by atoms with E-state index >= 15 is 0 Å². The van der Waals surface area contributed by atoms with E-state index in [-0.39, 0.29) is 24.4 Å². The van der Waals surface area contributed by atoms with Crippen LogP contribution in [-0.2, 0) is 0 Å². The molecule has 1 aromatic heterocycles. The maximum atomic E-state index is 12.5. The number of rotatable bonds is 3. The fourth-order valence-corrected chi connectivity index (χ4v) is 3.85. The highest BCUT2D eigenvalue weighted by atomic mass is 79.9. The van der Waals surface area contributed by atoms with Crippen LogP contribution in [0.1, 0.15) is 21.0 Å². The molecular weight excluding hydrogens is 352 g/mol. The summed E-state index contributed by atoms with van der Waals surface area (Å²) in [5.74, 6) is 0.694. The topological polar surface area (TPSA) is 41.6 Å². The van der Waals surface area contributed by atoms with Crippen molar-refractivity contribution >= 4 is 45.6 Å². The Hall–Kier alpha value is -0.300. The lowest BCUT2D eigenvalue weighted by molar-refractivity contribution is 0.0745. The second-order valence-corrected chi connectivity index (χ2v) is 6.42. The zero-order chi connectivity index (χ0) is 13.3. The summed E-state index contributed by atoms with van der Waals surface area (Å²) in [4.78, 5) is 16.0. The third-order valence-electron chi connectivity index (χ3n) is 3.27. The molecule has 1 aromatic rings. The number of thiophene rings is 1. The highest BCUT2D eigenvalue weighted by Gasteiger charge is 2.28. The number of carbonyl (C=O) groups excluding carboxylic acids is 1. The third-order valence-corrected chi connectivity index (χ3v) is 5.56. The monoisotopic (exact) mass is 368 g/mol. The lowest BCUT2D eigenvalue weighted by Crippen LogP contribution is -2.38. The molecule has 1 amide bonds. The van der Waals surface area contributed by atoms with Crippen LogP contribution < -0.4 is 10.1 Å². The number of halogens is 2. The summed E-state index contributed by atoms with van der Waals surface area (Å²) in [5, 5.41) is 3.27.